The van der Waals surface area contributed by atoms with Crippen molar-refractivity contribution in [3.63, 3.8) is 0 Å². The fourth-order valence-electron chi connectivity index (χ4n) is 3.07. The third kappa shape index (κ3) is 5.41. The summed E-state index contributed by atoms with van der Waals surface area (Å²) >= 11 is 0. The molecule has 2 aromatic carbocycles. The average molecular weight is 400 g/mol. The Morgan fingerprint density at radius 1 is 1.11 bits per heavy atom. The quantitative estimate of drug-likeness (QED) is 0.556. The van der Waals surface area contributed by atoms with E-state index in [1.54, 1.807) is 0 Å². The number of carbonyl (C=O) groups is 1. The largest absolute Gasteiger partial charge is 0.326 e. The molecule has 3 aromatic rings. The zero-order chi connectivity index (χ0) is 19.2. The maximum absolute atomic E-state index is 12.5. The van der Waals surface area contributed by atoms with Crippen molar-refractivity contribution in [1.82, 2.24) is 15.2 Å². The van der Waals surface area contributed by atoms with Gasteiger partial charge in [0.15, 0.2) is 5.82 Å². The Morgan fingerprint density at radius 3 is 2.36 bits per heavy atom. The maximum atomic E-state index is 12.5. The van der Waals surface area contributed by atoms with Crippen molar-refractivity contribution in [1.29, 1.82) is 0 Å². The van der Waals surface area contributed by atoms with Gasteiger partial charge in [-0.3, -0.25) is 9.89 Å². The number of aromatic nitrogens is 3. The molecule has 0 aliphatic rings. The standard InChI is InChI=1S/C21H25N5O.ClH/c1-14(2)18(15-6-4-3-5-7-15)12-20(27)23-17-10-8-16(9-11-17)21-24-19(13-22)25-26-21;/h3-11,14,18H,12-13,22H2,1-2H3,(H,23,27)(H,24,25,26);1H. The summed E-state index contributed by atoms with van der Waals surface area (Å²) in [5.74, 6) is 1.81. The fraction of sp³-hybridized carbons (Fsp3) is 0.286. The number of anilines is 1. The molecular weight excluding hydrogens is 374 g/mol. The lowest BCUT2D eigenvalue weighted by Gasteiger charge is -2.21. The van der Waals surface area contributed by atoms with E-state index in [-0.39, 0.29) is 24.2 Å². The van der Waals surface area contributed by atoms with Crippen LogP contribution in [0.15, 0.2) is 54.6 Å². The molecule has 1 aromatic heterocycles. The summed E-state index contributed by atoms with van der Waals surface area (Å²) in [5, 5.41) is 9.91. The van der Waals surface area contributed by atoms with Crippen LogP contribution >= 0.6 is 12.4 Å². The van der Waals surface area contributed by atoms with Gasteiger partial charge in [0.2, 0.25) is 5.91 Å². The normalized spacial score (nSPS) is 11.7. The molecule has 4 N–H and O–H groups in total. The molecule has 0 fully saturated rings. The van der Waals surface area contributed by atoms with E-state index < -0.39 is 0 Å². The number of rotatable bonds is 7. The zero-order valence-electron chi connectivity index (χ0n) is 16.1. The lowest BCUT2D eigenvalue weighted by molar-refractivity contribution is -0.116. The Morgan fingerprint density at radius 2 is 1.79 bits per heavy atom. The van der Waals surface area contributed by atoms with Gasteiger partial charge in [-0.25, -0.2) is 4.98 Å². The number of nitrogens with two attached hydrogens (primary N) is 1. The molecule has 1 unspecified atom stereocenters. The van der Waals surface area contributed by atoms with Crippen LogP contribution in [0.1, 0.15) is 37.6 Å². The minimum atomic E-state index is 0. The molecule has 0 saturated heterocycles. The number of H-pyrrole nitrogens is 1. The average Bonchev–Trinajstić information content (AvgIpc) is 3.16. The fourth-order valence-corrected chi connectivity index (χ4v) is 3.07. The number of nitrogens with zero attached hydrogens (tertiary/aromatic N) is 2. The van der Waals surface area contributed by atoms with Crippen molar-refractivity contribution in [2.24, 2.45) is 11.7 Å². The van der Waals surface area contributed by atoms with E-state index in [0.29, 0.717) is 30.5 Å². The van der Waals surface area contributed by atoms with Crippen molar-refractivity contribution in [2.75, 3.05) is 5.32 Å². The Hall–Kier alpha value is -2.70. The lowest BCUT2D eigenvalue weighted by Crippen LogP contribution is -2.18. The Bertz CT molecular complexity index is 877. The molecule has 6 nitrogen and oxygen atoms in total. The van der Waals surface area contributed by atoms with Crippen molar-refractivity contribution >= 4 is 24.0 Å². The number of amides is 1. The molecule has 28 heavy (non-hydrogen) atoms. The van der Waals surface area contributed by atoms with Gasteiger partial charge >= 0.3 is 0 Å². The highest BCUT2D eigenvalue weighted by Gasteiger charge is 2.19. The highest BCUT2D eigenvalue weighted by Crippen LogP contribution is 2.28. The van der Waals surface area contributed by atoms with E-state index in [1.165, 1.54) is 5.56 Å². The number of halogens is 1. The summed E-state index contributed by atoms with van der Waals surface area (Å²) in [5.41, 5.74) is 8.36. The molecule has 0 radical (unpaired) electrons. The summed E-state index contributed by atoms with van der Waals surface area (Å²) in [6.07, 6.45) is 0.449. The van der Waals surface area contributed by atoms with Crippen molar-refractivity contribution in [2.45, 2.75) is 32.7 Å². The molecule has 0 bridgehead atoms. The number of hydrogen-bond acceptors (Lipinski definition) is 4. The molecule has 0 aliphatic heterocycles. The summed E-state index contributed by atoms with van der Waals surface area (Å²) in [4.78, 5) is 16.8. The number of aromatic amines is 1. The van der Waals surface area contributed by atoms with E-state index in [9.17, 15) is 4.79 Å². The first-order valence-corrected chi connectivity index (χ1v) is 9.13. The van der Waals surface area contributed by atoms with Gasteiger partial charge in [0, 0.05) is 17.7 Å². The van der Waals surface area contributed by atoms with E-state index in [2.05, 4.69) is 46.5 Å². The number of nitrogens with one attached hydrogen (secondary N) is 2. The zero-order valence-corrected chi connectivity index (χ0v) is 16.9. The molecule has 3 rings (SSSR count). The van der Waals surface area contributed by atoms with Crippen LogP contribution in [0.4, 0.5) is 5.69 Å². The first kappa shape index (κ1) is 21.6. The molecule has 0 saturated carbocycles. The molecule has 1 heterocycles. The van der Waals surface area contributed by atoms with Gasteiger partial charge in [0.25, 0.3) is 0 Å². The second-order valence-corrected chi connectivity index (χ2v) is 6.90. The molecule has 148 valence electrons. The van der Waals surface area contributed by atoms with Crippen molar-refractivity contribution in [3.05, 3.63) is 66.0 Å². The highest BCUT2D eigenvalue weighted by atomic mass is 35.5. The van der Waals surface area contributed by atoms with Gasteiger partial charge in [-0.1, -0.05) is 44.2 Å². The smallest absolute Gasteiger partial charge is 0.224 e. The van der Waals surface area contributed by atoms with Crippen LogP contribution in [-0.2, 0) is 11.3 Å². The van der Waals surface area contributed by atoms with Crippen LogP contribution in [0.5, 0.6) is 0 Å². The predicted octanol–water partition coefficient (Wildman–Crippen LogP) is 4.12. The first-order chi connectivity index (χ1) is 13.1. The van der Waals surface area contributed by atoms with Crippen LogP contribution in [-0.4, -0.2) is 21.1 Å². The molecule has 1 amide bonds. The SMILES string of the molecule is CC(C)C(CC(=O)Nc1ccc(-c2n[nH]c(CN)n2)cc1)c1ccccc1.Cl. The minimum absolute atomic E-state index is 0. The van der Waals surface area contributed by atoms with Crippen LogP contribution in [0.3, 0.4) is 0 Å². The first-order valence-electron chi connectivity index (χ1n) is 9.13. The third-order valence-corrected chi connectivity index (χ3v) is 4.59. The van der Waals surface area contributed by atoms with Gasteiger partial charge in [0.05, 0.1) is 6.54 Å². The number of benzene rings is 2. The Balaban J connectivity index is 0.00000280. The molecule has 0 spiro atoms. The second-order valence-electron chi connectivity index (χ2n) is 6.90. The highest BCUT2D eigenvalue weighted by molar-refractivity contribution is 5.91. The molecular formula is C21H26ClN5O. The predicted molar refractivity (Wildman–Crippen MR) is 114 cm³/mol. The monoisotopic (exact) mass is 399 g/mol. The summed E-state index contributed by atoms with van der Waals surface area (Å²) < 4.78 is 0. The van der Waals surface area contributed by atoms with E-state index in [4.69, 9.17) is 5.73 Å². The van der Waals surface area contributed by atoms with Gasteiger partial charge in [-0.15, -0.1) is 12.4 Å². The summed E-state index contributed by atoms with van der Waals surface area (Å²) in [6.45, 7) is 4.61. The van der Waals surface area contributed by atoms with Gasteiger partial charge < -0.3 is 11.1 Å². The van der Waals surface area contributed by atoms with Crippen molar-refractivity contribution in [3.8, 4) is 11.4 Å². The van der Waals surface area contributed by atoms with Crippen LogP contribution in [0.25, 0.3) is 11.4 Å². The van der Waals surface area contributed by atoms with Gasteiger partial charge in [-0.05, 0) is 41.7 Å². The van der Waals surface area contributed by atoms with Crippen LogP contribution < -0.4 is 11.1 Å². The topological polar surface area (TPSA) is 96.7 Å². The van der Waals surface area contributed by atoms with Gasteiger partial charge in [0.1, 0.15) is 5.82 Å². The van der Waals surface area contributed by atoms with E-state index >= 15 is 0 Å². The van der Waals surface area contributed by atoms with E-state index in [0.717, 1.165) is 11.3 Å². The van der Waals surface area contributed by atoms with Crippen LogP contribution in [0.2, 0.25) is 0 Å². The molecule has 1 atom stereocenters. The second kappa shape index (κ2) is 10.0. The van der Waals surface area contributed by atoms with Gasteiger partial charge in [-0.2, -0.15) is 5.10 Å². The number of hydrogen-bond donors (Lipinski definition) is 3. The molecule has 0 aliphatic carbocycles. The maximum Gasteiger partial charge on any atom is 0.224 e. The Labute approximate surface area is 171 Å². The number of carbonyl (C=O) groups excluding carboxylic acids is 1. The van der Waals surface area contributed by atoms with Crippen molar-refractivity contribution < 1.29 is 4.79 Å². The minimum Gasteiger partial charge on any atom is -0.326 e. The molecule has 7 heteroatoms. The van der Waals surface area contributed by atoms with Crippen LogP contribution in [0, 0.1) is 5.92 Å². The Kier molecular flexibility index (Phi) is 7.72. The lowest BCUT2D eigenvalue weighted by atomic mass is 9.85. The summed E-state index contributed by atoms with van der Waals surface area (Å²) in [6, 6.07) is 17.7. The third-order valence-electron chi connectivity index (χ3n) is 4.59. The summed E-state index contributed by atoms with van der Waals surface area (Å²) in [7, 11) is 0. The van der Waals surface area contributed by atoms with E-state index in [1.807, 2.05) is 42.5 Å².